The molecule has 7 nitrogen and oxygen atoms in total. The highest BCUT2D eigenvalue weighted by atomic mass is 31.1. The van der Waals surface area contributed by atoms with Crippen molar-refractivity contribution in [3.63, 3.8) is 0 Å². The highest BCUT2D eigenvalue weighted by molar-refractivity contribution is 7.32. The number of rotatable bonds is 6. The summed E-state index contributed by atoms with van der Waals surface area (Å²) in [6.45, 7) is 0.655. The molecule has 8 heteroatoms. The fraction of sp³-hybridized carbons (Fsp3) is 0.889. The minimum absolute atomic E-state index is 0.0306. The molecule has 0 spiro atoms. The second kappa shape index (κ2) is 6.98. The summed E-state index contributed by atoms with van der Waals surface area (Å²) in [5, 5.41) is 9.50. The fourth-order valence-corrected chi connectivity index (χ4v) is 2.20. The molecular weight excluding hydrogens is 247 g/mol. The zero-order valence-electron chi connectivity index (χ0n) is 9.49. The smallest absolute Gasteiger partial charge is 0.391 e. The lowest BCUT2D eigenvalue weighted by Gasteiger charge is -2.22. The Morgan fingerprint density at radius 1 is 1.59 bits per heavy atom. The first-order valence-electron chi connectivity index (χ1n) is 5.51. The molecule has 0 aliphatic carbocycles. The lowest BCUT2D eigenvalue weighted by atomic mass is 10.2. The van der Waals surface area contributed by atoms with Crippen molar-refractivity contribution in [1.82, 2.24) is 4.90 Å². The van der Waals surface area contributed by atoms with E-state index in [9.17, 15) is 14.5 Å². The summed E-state index contributed by atoms with van der Waals surface area (Å²) in [5.41, 5.74) is 5.32. The standard InChI is InChI=1S/C9H17N2O5P/c10-3-1-2-9(13)11-5-8(12)4-7(11)6-16-17(14)15/h7-8,12H,1-6,10H2/p+1. The number of nitrogens with two attached hydrogens (primary N) is 1. The molecule has 3 unspecified atom stereocenters. The molecular formula is C9H18N2O5P+. The predicted octanol–water partition coefficient (Wildman–Crippen LogP) is -0.647. The molecule has 98 valence electrons. The fourth-order valence-electron chi connectivity index (χ4n) is 1.90. The highest BCUT2D eigenvalue weighted by Gasteiger charge is 2.35. The number of aliphatic hydroxyl groups excluding tert-OH is 1. The monoisotopic (exact) mass is 265 g/mol. The number of carbonyl (C=O) groups excluding carboxylic acids is 1. The molecule has 0 saturated carbocycles. The van der Waals surface area contributed by atoms with Gasteiger partial charge in [-0.1, -0.05) is 0 Å². The zero-order valence-corrected chi connectivity index (χ0v) is 10.4. The number of hydrogen-bond donors (Lipinski definition) is 3. The lowest BCUT2D eigenvalue weighted by Crippen LogP contribution is -2.38. The van der Waals surface area contributed by atoms with Gasteiger partial charge in [0.05, 0.1) is 12.1 Å². The Bertz CT molecular complexity index is 289. The van der Waals surface area contributed by atoms with E-state index >= 15 is 0 Å². The largest absolute Gasteiger partial charge is 0.694 e. The molecule has 1 aliphatic rings. The van der Waals surface area contributed by atoms with Crippen molar-refractivity contribution in [1.29, 1.82) is 0 Å². The van der Waals surface area contributed by atoms with E-state index in [2.05, 4.69) is 4.52 Å². The summed E-state index contributed by atoms with van der Waals surface area (Å²) in [6.07, 6.45) is 0.692. The van der Waals surface area contributed by atoms with Gasteiger partial charge in [0.2, 0.25) is 5.91 Å². The van der Waals surface area contributed by atoms with E-state index in [0.717, 1.165) is 0 Å². The molecule has 1 heterocycles. The van der Waals surface area contributed by atoms with Gasteiger partial charge >= 0.3 is 8.25 Å². The van der Waals surface area contributed by atoms with Crippen molar-refractivity contribution in [2.45, 2.75) is 31.4 Å². The average Bonchev–Trinajstić information content (AvgIpc) is 2.64. The number of β-amino-alcohol motifs (C(OH)–C–C–N with tert-alkyl or cyclic N) is 1. The van der Waals surface area contributed by atoms with E-state index in [1.54, 1.807) is 0 Å². The number of likely N-dealkylation sites (tertiary alicyclic amines) is 1. The van der Waals surface area contributed by atoms with Gasteiger partial charge < -0.3 is 15.7 Å². The first-order chi connectivity index (χ1) is 8.04. The maximum atomic E-state index is 11.8. The molecule has 1 rings (SSSR count). The summed E-state index contributed by atoms with van der Waals surface area (Å²) in [6, 6.07) is -0.332. The second-order valence-electron chi connectivity index (χ2n) is 4.02. The van der Waals surface area contributed by atoms with Crippen LogP contribution in [0.1, 0.15) is 19.3 Å². The Hall–Kier alpha value is -0.590. The number of aliphatic hydroxyl groups is 1. The van der Waals surface area contributed by atoms with E-state index in [0.29, 0.717) is 25.8 Å². The van der Waals surface area contributed by atoms with Gasteiger partial charge in [-0.05, 0) is 19.4 Å². The van der Waals surface area contributed by atoms with Crippen LogP contribution in [0.5, 0.6) is 0 Å². The topological polar surface area (TPSA) is 113 Å². The van der Waals surface area contributed by atoms with Crippen molar-refractivity contribution in [2.24, 2.45) is 5.73 Å². The number of carbonyl (C=O) groups is 1. The molecule has 0 bridgehead atoms. The maximum absolute atomic E-state index is 11.8. The van der Waals surface area contributed by atoms with Crippen LogP contribution in [0.15, 0.2) is 0 Å². The molecule has 1 saturated heterocycles. The Kier molecular flexibility index (Phi) is 5.94. The van der Waals surface area contributed by atoms with Crippen LogP contribution in [0.2, 0.25) is 0 Å². The molecule has 0 aromatic rings. The third kappa shape index (κ3) is 4.65. The van der Waals surface area contributed by atoms with E-state index in [4.69, 9.17) is 10.6 Å². The molecule has 1 amide bonds. The number of nitrogens with zero attached hydrogens (tertiary/aromatic N) is 1. The summed E-state index contributed by atoms with van der Waals surface area (Å²) in [7, 11) is -2.67. The molecule has 1 fully saturated rings. The Labute approximate surface area is 100 Å². The zero-order chi connectivity index (χ0) is 12.8. The minimum atomic E-state index is -2.67. The summed E-state index contributed by atoms with van der Waals surface area (Å²) >= 11 is 0. The van der Waals surface area contributed by atoms with E-state index in [1.165, 1.54) is 4.90 Å². The van der Waals surface area contributed by atoms with Gasteiger partial charge in [0.15, 0.2) is 0 Å². The normalized spacial score (nSPS) is 25.1. The molecule has 0 aromatic carbocycles. The Balaban J connectivity index is 2.49. The highest BCUT2D eigenvalue weighted by Crippen LogP contribution is 2.23. The van der Waals surface area contributed by atoms with Crippen molar-refractivity contribution in [3.05, 3.63) is 0 Å². The van der Waals surface area contributed by atoms with Crippen molar-refractivity contribution < 1.29 is 23.9 Å². The van der Waals surface area contributed by atoms with Gasteiger partial charge in [-0.3, -0.25) is 4.79 Å². The SMILES string of the molecule is NCCCC(=O)N1CC(O)CC1CO[P+](=O)O. The molecule has 17 heavy (non-hydrogen) atoms. The number of amides is 1. The van der Waals surface area contributed by atoms with E-state index in [-0.39, 0.29) is 25.1 Å². The average molecular weight is 265 g/mol. The van der Waals surface area contributed by atoms with E-state index in [1.807, 2.05) is 0 Å². The summed E-state index contributed by atoms with van der Waals surface area (Å²) in [4.78, 5) is 21.8. The van der Waals surface area contributed by atoms with Crippen LogP contribution in [-0.2, 0) is 13.9 Å². The van der Waals surface area contributed by atoms with Crippen molar-refractivity contribution in [2.75, 3.05) is 19.7 Å². The van der Waals surface area contributed by atoms with Crippen molar-refractivity contribution in [3.8, 4) is 0 Å². The van der Waals surface area contributed by atoms with Crippen LogP contribution in [0.3, 0.4) is 0 Å². The number of hydrogen-bond acceptors (Lipinski definition) is 5. The third-order valence-electron chi connectivity index (χ3n) is 2.68. The Morgan fingerprint density at radius 3 is 2.88 bits per heavy atom. The molecule has 1 aliphatic heterocycles. The van der Waals surface area contributed by atoms with Crippen LogP contribution in [-0.4, -0.2) is 52.6 Å². The second-order valence-corrected chi connectivity index (χ2v) is 4.75. The van der Waals surface area contributed by atoms with Gasteiger partial charge in [0.1, 0.15) is 6.61 Å². The van der Waals surface area contributed by atoms with Gasteiger partial charge in [-0.2, -0.15) is 0 Å². The van der Waals surface area contributed by atoms with Crippen LogP contribution in [0.4, 0.5) is 0 Å². The van der Waals surface area contributed by atoms with Crippen LogP contribution < -0.4 is 5.73 Å². The lowest BCUT2D eigenvalue weighted by molar-refractivity contribution is -0.132. The minimum Gasteiger partial charge on any atom is -0.391 e. The Morgan fingerprint density at radius 2 is 2.29 bits per heavy atom. The molecule has 0 aromatic heterocycles. The first kappa shape index (κ1) is 14.5. The first-order valence-corrected chi connectivity index (χ1v) is 6.64. The molecule has 4 N–H and O–H groups in total. The van der Waals surface area contributed by atoms with Gasteiger partial charge in [0.25, 0.3) is 0 Å². The van der Waals surface area contributed by atoms with Crippen LogP contribution >= 0.6 is 8.25 Å². The van der Waals surface area contributed by atoms with Crippen molar-refractivity contribution >= 4 is 14.2 Å². The van der Waals surface area contributed by atoms with E-state index < -0.39 is 14.4 Å². The molecule has 3 atom stereocenters. The van der Waals surface area contributed by atoms with Gasteiger partial charge in [-0.15, -0.1) is 9.42 Å². The van der Waals surface area contributed by atoms with Crippen LogP contribution in [0, 0.1) is 0 Å². The third-order valence-corrected chi connectivity index (χ3v) is 3.05. The quantitative estimate of drug-likeness (QED) is 0.550. The molecule has 0 radical (unpaired) electrons. The maximum Gasteiger partial charge on any atom is 0.694 e. The summed E-state index contributed by atoms with van der Waals surface area (Å²) in [5.74, 6) is -0.103. The summed E-state index contributed by atoms with van der Waals surface area (Å²) < 4.78 is 15.0. The van der Waals surface area contributed by atoms with Crippen LogP contribution in [0.25, 0.3) is 0 Å². The van der Waals surface area contributed by atoms with Gasteiger partial charge in [-0.25, -0.2) is 0 Å². The van der Waals surface area contributed by atoms with Gasteiger partial charge in [0, 0.05) is 17.5 Å². The predicted molar refractivity (Wildman–Crippen MR) is 60.2 cm³/mol.